The van der Waals surface area contributed by atoms with Crippen LogP contribution in [-0.4, -0.2) is 29.8 Å². The third-order valence-corrected chi connectivity index (χ3v) is 4.46. The molecule has 2 amide bonds. The Morgan fingerprint density at radius 2 is 1.76 bits per heavy atom. The Bertz CT molecular complexity index is 741. The molecular formula is C21H26N2O2. The van der Waals surface area contributed by atoms with Crippen molar-refractivity contribution in [1.82, 2.24) is 10.2 Å². The van der Waals surface area contributed by atoms with Gasteiger partial charge in [-0.05, 0) is 37.5 Å². The minimum atomic E-state index is -0.525. The molecular weight excluding hydrogens is 312 g/mol. The molecule has 132 valence electrons. The Labute approximate surface area is 149 Å². The Kier molecular flexibility index (Phi) is 6.34. The zero-order valence-electron chi connectivity index (χ0n) is 15.4. The lowest BCUT2D eigenvalue weighted by atomic mass is 10.0. The monoisotopic (exact) mass is 338 g/mol. The molecule has 25 heavy (non-hydrogen) atoms. The molecule has 0 aliphatic heterocycles. The van der Waals surface area contributed by atoms with E-state index in [1.54, 1.807) is 18.9 Å². The number of carbonyl (C=O) groups excluding carboxylic acids is 2. The third kappa shape index (κ3) is 4.92. The van der Waals surface area contributed by atoms with Crippen LogP contribution in [0.25, 0.3) is 0 Å². The Balaban J connectivity index is 2.25. The maximum atomic E-state index is 13.0. The second-order valence-electron chi connectivity index (χ2n) is 6.40. The number of likely N-dealkylation sites (N-methyl/N-ethyl adjacent to an activating group) is 1. The number of hydrogen-bond acceptors (Lipinski definition) is 2. The van der Waals surface area contributed by atoms with Crippen molar-refractivity contribution in [2.24, 2.45) is 0 Å². The fraction of sp³-hybridized carbons (Fsp3) is 0.333. The summed E-state index contributed by atoms with van der Waals surface area (Å²) in [5, 5.41) is 2.64. The molecule has 0 spiro atoms. The predicted octanol–water partition coefficient (Wildman–Crippen LogP) is 3.01. The zero-order chi connectivity index (χ0) is 18.4. The molecule has 0 saturated carbocycles. The Morgan fingerprint density at radius 1 is 1.08 bits per heavy atom. The molecule has 0 saturated heterocycles. The molecule has 0 radical (unpaired) electrons. The summed E-state index contributed by atoms with van der Waals surface area (Å²) in [6.45, 7) is 6.20. The van der Waals surface area contributed by atoms with E-state index in [-0.39, 0.29) is 11.8 Å². The fourth-order valence-corrected chi connectivity index (χ4v) is 2.83. The molecule has 0 aliphatic carbocycles. The average molecular weight is 338 g/mol. The largest absolute Gasteiger partial charge is 0.357 e. The van der Waals surface area contributed by atoms with E-state index in [9.17, 15) is 9.59 Å². The third-order valence-electron chi connectivity index (χ3n) is 4.46. The summed E-state index contributed by atoms with van der Waals surface area (Å²) in [4.78, 5) is 26.8. The highest BCUT2D eigenvalue weighted by Crippen LogP contribution is 2.16. The van der Waals surface area contributed by atoms with Gasteiger partial charge in [-0.2, -0.15) is 0 Å². The van der Waals surface area contributed by atoms with Gasteiger partial charge in [0.05, 0.1) is 6.42 Å². The maximum absolute atomic E-state index is 13.0. The molecule has 2 aromatic carbocycles. The zero-order valence-corrected chi connectivity index (χ0v) is 15.4. The highest BCUT2D eigenvalue weighted by Gasteiger charge is 2.25. The maximum Gasteiger partial charge on any atom is 0.242 e. The lowest BCUT2D eigenvalue weighted by Crippen LogP contribution is -2.47. The highest BCUT2D eigenvalue weighted by molar-refractivity contribution is 5.88. The van der Waals surface area contributed by atoms with Crippen molar-refractivity contribution < 1.29 is 9.59 Å². The van der Waals surface area contributed by atoms with Gasteiger partial charge < -0.3 is 10.2 Å². The molecule has 0 unspecified atom stereocenters. The first-order valence-electron chi connectivity index (χ1n) is 8.53. The minimum absolute atomic E-state index is 0.0475. The molecule has 0 fully saturated rings. The average Bonchev–Trinajstić information content (AvgIpc) is 2.62. The van der Waals surface area contributed by atoms with Gasteiger partial charge >= 0.3 is 0 Å². The summed E-state index contributed by atoms with van der Waals surface area (Å²) in [7, 11) is 1.59. The summed E-state index contributed by atoms with van der Waals surface area (Å²) < 4.78 is 0. The number of carbonyl (C=O) groups is 2. The van der Waals surface area contributed by atoms with E-state index in [1.165, 1.54) is 0 Å². The van der Waals surface area contributed by atoms with Crippen LogP contribution in [0.5, 0.6) is 0 Å². The summed E-state index contributed by atoms with van der Waals surface area (Å²) >= 11 is 0. The normalized spacial score (nSPS) is 11.7. The van der Waals surface area contributed by atoms with E-state index in [0.29, 0.717) is 13.0 Å². The molecule has 1 N–H and O–H groups in total. The van der Waals surface area contributed by atoms with Crippen molar-refractivity contribution in [2.75, 3.05) is 7.05 Å². The van der Waals surface area contributed by atoms with Gasteiger partial charge in [0, 0.05) is 13.6 Å². The SMILES string of the molecule is CNC(=O)[C@H](C)N(Cc1ccccc1)C(=O)Cc1cc(C)ccc1C. The summed E-state index contributed by atoms with van der Waals surface area (Å²) in [5.74, 6) is -0.209. The van der Waals surface area contributed by atoms with Crippen molar-refractivity contribution >= 4 is 11.8 Å². The van der Waals surface area contributed by atoms with Gasteiger partial charge in [-0.25, -0.2) is 0 Å². The van der Waals surface area contributed by atoms with Gasteiger partial charge in [0.15, 0.2) is 0 Å². The molecule has 1 atom stereocenters. The smallest absolute Gasteiger partial charge is 0.242 e. The number of amides is 2. The fourth-order valence-electron chi connectivity index (χ4n) is 2.83. The van der Waals surface area contributed by atoms with Gasteiger partial charge in [0.1, 0.15) is 6.04 Å². The van der Waals surface area contributed by atoms with Crippen LogP contribution < -0.4 is 5.32 Å². The molecule has 2 rings (SSSR count). The van der Waals surface area contributed by atoms with E-state index in [0.717, 1.165) is 22.3 Å². The number of aryl methyl sites for hydroxylation is 2. The van der Waals surface area contributed by atoms with Crippen LogP contribution in [0.15, 0.2) is 48.5 Å². The van der Waals surface area contributed by atoms with Crippen LogP contribution in [-0.2, 0) is 22.6 Å². The van der Waals surface area contributed by atoms with Crippen molar-refractivity contribution in [3.63, 3.8) is 0 Å². The number of nitrogens with zero attached hydrogens (tertiary/aromatic N) is 1. The molecule has 0 aliphatic rings. The van der Waals surface area contributed by atoms with Crippen LogP contribution in [0.2, 0.25) is 0 Å². The number of nitrogens with one attached hydrogen (secondary N) is 1. The number of hydrogen-bond donors (Lipinski definition) is 1. The number of rotatable bonds is 6. The summed E-state index contributed by atoms with van der Waals surface area (Å²) in [6, 6.07) is 15.3. The van der Waals surface area contributed by atoms with Crippen molar-refractivity contribution in [3.8, 4) is 0 Å². The quantitative estimate of drug-likeness (QED) is 0.880. The highest BCUT2D eigenvalue weighted by atomic mass is 16.2. The summed E-state index contributed by atoms with van der Waals surface area (Å²) in [6.07, 6.45) is 0.293. The van der Waals surface area contributed by atoms with Gasteiger partial charge in [-0.3, -0.25) is 9.59 Å². The van der Waals surface area contributed by atoms with Crippen molar-refractivity contribution in [1.29, 1.82) is 0 Å². The molecule has 2 aromatic rings. The van der Waals surface area contributed by atoms with Crippen LogP contribution in [0.1, 0.15) is 29.2 Å². The lowest BCUT2D eigenvalue weighted by molar-refractivity contribution is -0.139. The van der Waals surface area contributed by atoms with Crippen LogP contribution in [0, 0.1) is 13.8 Å². The van der Waals surface area contributed by atoms with Gasteiger partial charge in [0.25, 0.3) is 0 Å². The Morgan fingerprint density at radius 3 is 2.40 bits per heavy atom. The Hall–Kier alpha value is -2.62. The minimum Gasteiger partial charge on any atom is -0.357 e. The standard InChI is InChI=1S/C21H26N2O2/c1-15-10-11-16(2)19(12-15)13-20(24)23(17(3)21(25)22-4)14-18-8-6-5-7-9-18/h5-12,17H,13-14H2,1-4H3,(H,22,25)/t17-/m0/s1. The second-order valence-corrected chi connectivity index (χ2v) is 6.40. The topological polar surface area (TPSA) is 49.4 Å². The predicted molar refractivity (Wildman–Crippen MR) is 100 cm³/mol. The second kappa shape index (κ2) is 8.47. The van der Waals surface area contributed by atoms with Crippen LogP contribution in [0.3, 0.4) is 0 Å². The molecule has 0 aromatic heterocycles. The van der Waals surface area contributed by atoms with E-state index in [2.05, 4.69) is 5.32 Å². The van der Waals surface area contributed by atoms with Crippen molar-refractivity contribution in [3.05, 3.63) is 70.8 Å². The van der Waals surface area contributed by atoms with E-state index in [4.69, 9.17) is 0 Å². The van der Waals surface area contributed by atoms with Crippen LogP contribution >= 0.6 is 0 Å². The first kappa shape index (κ1) is 18.7. The van der Waals surface area contributed by atoms with Gasteiger partial charge in [-0.1, -0.05) is 54.1 Å². The number of benzene rings is 2. The van der Waals surface area contributed by atoms with Crippen molar-refractivity contribution in [2.45, 2.75) is 39.8 Å². The first-order chi connectivity index (χ1) is 11.9. The summed E-state index contributed by atoms with van der Waals surface area (Å²) in [5.41, 5.74) is 4.23. The van der Waals surface area contributed by atoms with E-state index in [1.807, 2.05) is 62.4 Å². The molecule has 0 heterocycles. The van der Waals surface area contributed by atoms with E-state index < -0.39 is 6.04 Å². The molecule has 4 heteroatoms. The van der Waals surface area contributed by atoms with Gasteiger partial charge in [0.2, 0.25) is 11.8 Å². The molecule has 0 bridgehead atoms. The van der Waals surface area contributed by atoms with Crippen LogP contribution in [0.4, 0.5) is 0 Å². The first-order valence-corrected chi connectivity index (χ1v) is 8.53. The van der Waals surface area contributed by atoms with E-state index >= 15 is 0 Å². The molecule has 4 nitrogen and oxygen atoms in total. The van der Waals surface area contributed by atoms with Gasteiger partial charge in [-0.15, -0.1) is 0 Å². The lowest BCUT2D eigenvalue weighted by Gasteiger charge is -2.28.